The third-order valence-electron chi connectivity index (χ3n) is 2.17. The third-order valence-corrected chi connectivity index (χ3v) is 2.17. The van der Waals surface area contributed by atoms with E-state index in [0.29, 0.717) is 25.6 Å². The van der Waals surface area contributed by atoms with E-state index in [-0.39, 0.29) is 12.0 Å². The van der Waals surface area contributed by atoms with E-state index in [0.717, 1.165) is 6.42 Å². The first kappa shape index (κ1) is 10.8. The number of carbonyl (C=O) groups is 1. The lowest BCUT2D eigenvalue weighted by Gasteiger charge is -2.16. The Balaban J connectivity index is 2.29. The maximum atomic E-state index is 11.4. The highest BCUT2D eigenvalue weighted by Crippen LogP contribution is 2.15. The van der Waals surface area contributed by atoms with Crippen molar-refractivity contribution in [1.82, 2.24) is 4.90 Å². The lowest BCUT2D eigenvalue weighted by Crippen LogP contribution is -2.30. The van der Waals surface area contributed by atoms with Gasteiger partial charge in [-0.25, -0.2) is 4.79 Å². The summed E-state index contributed by atoms with van der Waals surface area (Å²) < 4.78 is 5.06. The van der Waals surface area contributed by atoms with Gasteiger partial charge in [0.25, 0.3) is 0 Å². The number of carbonyl (C=O) groups excluding carboxylic acids is 1. The number of likely N-dealkylation sites (tertiary alicyclic amines) is 1. The van der Waals surface area contributed by atoms with Crippen molar-refractivity contribution in [2.75, 3.05) is 19.7 Å². The summed E-state index contributed by atoms with van der Waals surface area (Å²) in [6.07, 6.45) is 0.490. The maximum Gasteiger partial charge on any atom is 0.409 e. The van der Waals surface area contributed by atoms with Gasteiger partial charge in [0.15, 0.2) is 0 Å². The molecule has 1 fully saturated rings. The predicted molar refractivity (Wildman–Crippen MR) is 51.5 cm³/mol. The monoisotopic (exact) mass is 196 g/mol. The van der Waals surface area contributed by atoms with Gasteiger partial charge in [0.05, 0.1) is 18.6 Å². The van der Waals surface area contributed by atoms with E-state index in [2.05, 4.69) is 6.07 Å². The second-order valence-corrected chi connectivity index (χ2v) is 4.03. The topological polar surface area (TPSA) is 53.3 Å². The molecule has 1 amide bonds. The van der Waals surface area contributed by atoms with Crippen LogP contribution in [-0.2, 0) is 4.74 Å². The number of nitriles is 1. The molecule has 0 aromatic heterocycles. The molecule has 0 aromatic carbocycles. The summed E-state index contributed by atoms with van der Waals surface area (Å²) in [5.74, 6) is 0.343. The van der Waals surface area contributed by atoms with Crippen LogP contribution in [0.25, 0.3) is 0 Å². The van der Waals surface area contributed by atoms with Gasteiger partial charge >= 0.3 is 6.09 Å². The Hall–Kier alpha value is -1.24. The third kappa shape index (κ3) is 2.91. The molecule has 1 unspecified atom stereocenters. The molecule has 0 aliphatic carbocycles. The zero-order valence-corrected chi connectivity index (χ0v) is 8.69. The van der Waals surface area contributed by atoms with E-state index in [1.165, 1.54) is 0 Å². The van der Waals surface area contributed by atoms with Gasteiger partial charge in [-0.15, -0.1) is 0 Å². The summed E-state index contributed by atoms with van der Waals surface area (Å²) in [7, 11) is 0. The Morgan fingerprint density at radius 3 is 2.93 bits per heavy atom. The van der Waals surface area contributed by atoms with Gasteiger partial charge < -0.3 is 9.64 Å². The number of hydrogen-bond acceptors (Lipinski definition) is 3. The van der Waals surface area contributed by atoms with Gasteiger partial charge in [-0.3, -0.25) is 0 Å². The highest BCUT2D eigenvalue weighted by molar-refractivity contribution is 5.68. The number of hydrogen-bond donors (Lipinski definition) is 0. The summed E-state index contributed by atoms with van der Waals surface area (Å²) >= 11 is 0. The van der Waals surface area contributed by atoms with Crippen LogP contribution in [0.2, 0.25) is 0 Å². The molecule has 1 aliphatic rings. The minimum atomic E-state index is -0.281. The maximum absolute atomic E-state index is 11.4. The molecule has 1 saturated heterocycles. The van der Waals surface area contributed by atoms with E-state index in [1.54, 1.807) is 4.90 Å². The van der Waals surface area contributed by atoms with Crippen LogP contribution in [0.3, 0.4) is 0 Å². The molecule has 14 heavy (non-hydrogen) atoms. The molecule has 0 bridgehead atoms. The zero-order valence-electron chi connectivity index (χ0n) is 8.69. The smallest absolute Gasteiger partial charge is 0.409 e. The molecule has 1 heterocycles. The average molecular weight is 196 g/mol. The van der Waals surface area contributed by atoms with Crippen molar-refractivity contribution in [3.8, 4) is 6.07 Å². The highest BCUT2D eigenvalue weighted by Gasteiger charge is 2.26. The lowest BCUT2D eigenvalue weighted by molar-refractivity contribution is 0.0989. The molecule has 0 saturated carbocycles. The number of amides is 1. The van der Waals surface area contributed by atoms with Gasteiger partial charge in [0.1, 0.15) is 0 Å². The van der Waals surface area contributed by atoms with Crippen molar-refractivity contribution in [1.29, 1.82) is 5.26 Å². The molecule has 4 heteroatoms. The highest BCUT2D eigenvalue weighted by atomic mass is 16.6. The van der Waals surface area contributed by atoms with Crippen LogP contribution in [0.15, 0.2) is 0 Å². The normalized spacial score (nSPS) is 21.0. The van der Waals surface area contributed by atoms with Crippen molar-refractivity contribution in [3.05, 3.63) is 0 Å². The van der Waals surface area contributed by atoms with Gasteiger partial charge in [-0.2, -0.15) is 5.26 Å². The Bertz CT molecular complexity index is 245. The molecule has 0 spiro atoms. The molecule has 1 rings (SSSR count). The summed E-state index contributed by atoms with van der Waals surface area (Å²) in [6, 6.07) is 2.16. The molecule has 4 nitrogen and oxygen atoms in total. The van der Waals surface area contributed by atoms with Crippen LogP contribution >= 0.6 is 0 Å². The summed E-state index contributed by atoms with van der Waals surface area (Å²) in [6.45, 7) is 5.61. The van der Waals surface area contributed by atoms with Crippen LogP contribution < -0.4 is 0 Å². The Kier molecular flexibility index (Phi) is 3.75. The molecule has 78 valence electrons. The van der Waals surface area contributed by atoms with Crippen LogP contribution in [0, 0.1) is 23.2 Å². The van der Waals surface area contributed by atoms with Crippen LogP contribution in [-0.4, -0.2) is 30.7 Å². The molecule has 0 aromatic rings. The van der Waals surface area contributed by atoms with Gasteiger partial charge in [0.2, 0.25) is 0 Å². The molecule has 0 radical (unpaired) electrons. The van der Waals surface area contributed by atoms with Crippen LogP contribution in [0.4, 0.5) is 4.79 Å². The Labute approximate surface area is 84.4 Å². The van der Waals surface area contributed by atoms with E-state index in [9.17, 15) is 4.79 Å². The second kappa shape index (κ2) is 4.85. The van der Waals surface area contributed by atoms with Gasteiger partial charge in [-0.05, 0) is 12.3 Å². The fourth-order valence-electron chi connectivity index (χ4n) is 1.36. The second-order valence-electron chi connectivity index (χ2n) is 4.03. The van der Waals surface area contributed by atoms with Crippen molar-refractivity contribution in [2.24, 2.45) is 11.8 Å². The molecular formula is C10H16N2O2. The predicted octanol–water partition coefficient (Wildman–Crippen LogP) is 1.62. The van der Waals surface area contributed by atoms with Crippen molar-refractivity contribution in [3.63, 3.8) is 0 Å². The van der Waals surface area contributed by atoms with E-state index < -0.39 is 0 Å². The number of ether oxygens (including phenoxy) is 1. The van der Waals surface area contributed by atoms with E-state index >= 15 is 0 Å². The Morgan fingerprint density at radius 2 is 2.43 bits per heavy atom. The van der Waals surface area contributed by atoms with E-state index in [4.69, 9.17) is 10.00 Å². The first-order valence-electron chi connectivity index (χ1n) is 4.94. The fourth-order valence-corrected chi connectivity index (χ4v) is 1.36. The summed E-state index contributed by atoms with van der Waals surface area (Å²) in [5.41, 5.74) is 0. The summed E-state index contributed by atoms with van der Waals surface area (Å²) in [5, 5.41) is 8.65. The standard InChI is InChI=1S/C10H16N2O2/c1-8(2)7-14-10(13)12-4-3-9(5-11)6-12/h8-9H,3-4,6-7H2,1-2H3. The first-order valence-corrected chi connectivity index (χ1v) is 4.94. The zero-order chi connectivity index (χ0) is 10.6. The van der Waals surface area contributed by atoms with Gasteiger partial charge in [0, 0.05) is 13.1 Å². The van der Waals surface area contributed by atoms with Crippen LogP contribution in [0.5, 0.6) is 0 Å². The van der Waals surface area contributed by atoms with Gasteiger partial charge in [-0.1, -0.05) is 13.8 Å². The minimum absolute atomic E-state index is 0.0124. The SMILES string of the molecule is CC(C)COC(=O)N1CCC(C#N)C1. The Morgan fingerprint density at radius 1 is 1.71 bits per heavy atom. The quantitative estimate of drug-likeness (QED) is 0.674. The molecule has 1 atom stereocenters. The number of rotatable bonds is 2. The lowest BCUT2D eigenvalue weighted by atomic mass is 10.1. The first-order chi connectivity index (χ1) is 6.63. The molecule has 1 aliphatic heterocycles. The fraction of sp³-hybridized carbons (Fsp3) is 0.800. The molecule has 0 N–H and O–H groups in total. The van der Waals surface area contributed by atoms with Crippen molar-refractivity contribution >= 4 is 6.09 Å². The van der Waals surface area contributed by atoms with Crippen molar-refractivity contribution in [2.45, 2.75) is 20.3 Å². The summed E-state index contributed by atoms with van der Waals surface area (Å²) in [4.78, 5) is 13.0. The number of nitrogens with zero attached hydrogens (tertiary/aromatic N) is 2. The minimum Gasteiger partial charge on any atom is -0.449 e. The van der Waals surface area contributed by atoms with Crippen LogP contribution in [0.1, 0.15) is 20.3 Å². The average Bonchev–Trinajstić information content (AvgIpc) is 2.62. The largest absolute Gasteiger partial charge is 0.449 e. The molecular weight excluding hydrogens is 180 g/mol. The van der Waals surface area contributed by atoms with E-state index in [1.807, 2.05) is 13.8 Å². The van der Waals surface area contributed by atoms with Crippen molar-refractivity contribution < 1.29 is 9.53 Å².